The molecule has 7 heterocycles. The Hall–Kier alpha value is -4.42. The number of rotatable bonds is 7. The van der Waals surface area contributed by atoms with Crippen molar-refractivity contribution in [2.75, 3.05) is 36.4 Å². The first-order valence-corrected chi connectivity index (χ1v) is 19.8. The minimum Gasteiger partial charge on any atom is -0.365 e. The second kappa shape index (κ2) is 13.1. The number of hydrogen-bond donors (Lipinski definition) is 1. The standard InChI is InChI=1S/C42H51FN8O3/c1-25(2)50-24-45-34-21-33(47-38(37(34)50)46-32-10-14-44-22-31(32)43)27-7-8-30-35(18-27)51(29-19-28(20-29)49-15-11-41(4,5)23-49)40(53)42(30)12-16-48(17-13-42)39(52)36-9-6-26(3)54-36/h7-8,10,14,18,21-22,24-26,28-29,36H,6,9,11-13,15-17,19-20,23H2,1-5H3,(H,44,46,47)/t26-,28?,29?,36-/m0/s1. The van der Waals surface area contributed by atoms with Crippen LogP contribution in [0.25, 0.3) is 22.3 Å². The van der Waals surface area contributed by atoms with Gasteiger partial charge in [-0.05, 0) is 101 Å². The van der Waals surface area contributed by atoms with Crippen LogP contribution in [0.1, 0.15) is 91.2 Å². The Morgan fingerprint density at radius 1 is 1.04 bits per heavy atom. The van der Waals surface area contributed by atoms with E-state index in [0.29, 0.717) is 48.9 Å². The van der Waals surface area contributed by atoms with Crippen LogP contribution in [-0.4, -0.2) is 91.6 Å². The van der Waals surface area contributed by atoms with Crippen LogP contribution >= 0.6 is 0 Å². The van der Waals surface area contributed by atoms with Crippen LogP contribution in [0.4, 0.5) is 21.6 Å². The van der Waals surface area contributed by atoms with Gasteiger partial charge in [0.15, 0.2) is 11.6 Å². The highest BCUT2D eigenvalue weighted by Gasteiger charge is 2.56. The molecule has 3 aromatic heterocycles. The van der Waals surface area contributed by atoms with E-state index in [9.17, 15) is 14.0 Å². The zero-order chi connectivity index (χ0) is 37.5. The summed E-state index contributed by atoms with van der Waals surface area (Å²) in [7, 11) is 0. The van der Waals surface area contributed by atoms with E-state index in [1.54, 1.807) is 18.6 Å². The number of halogens is 1. The monoisotopic (exact) mass is 734 g/mol. The van der Waals surface area contributed by atoms with Gasteiger partial charge in [-0.1, -0.05) is 26.0 Å². The maximum Gasteiger partial charge on any atom is 0.251 e. The summed E-state index contributed by atoms with van der Waals surface area (Å²) < 4.78 is 22.9. The van der Waals surface area contributed by atoms with Gasteiger partial charge in [0.2, 0.25) is 5.91 Å². The first-order chi connectivity index (χ1) is 25.9. The number of anilines is 3. The van der Waals surface area contributed by atoms with Gasteiger partial charge in [0, 0.05) is 55.2 Å². The smallest absolute Gasteiger partial charge is 0.251 e. The average Bonchev–Trinajstić information content (AvgIpc) is 3.91. The number of aromatic nitrogens is 4. The topological polar surface area (TPSA) is 109 Å². The Bertz CT molecular complexity index is 2120. The zero-order valence-electron chi connectivity index (χ0n) is 32.0. The number of nitrogens with one attached hydrogen (secondary N) is 1. The van der Waals surface area contributed by atoms with Crippen LogP contribution in [0.15, 0.2) is 49.1 Å². The van der Waals surface area contributed by atoms with E-state index in [-0.39, 0.29) is 41.8 Å². The van der Waals surface area contributed by atoms with Crippen molar-refractivity contribution in [3.63, 3.8) is 0 Å². The Morgan fingerprint density at radius 2 is 1.83 bits per heavy atom. The van der Waals surface area contributed by atoms with Crippen LogP contribution in [-0.2, 0) is 19.7 Å². The normalized spacial score (nSPS) is 26.2. The molecule has 1 spiro atoms. The summed E-state index contributed by atoms with van der Waals surface area (Å²) in [5.74, 6) is 0.240. The molecule has 2 amide bonds. The van der Waals surface area contributed by atoms with Crippen molar-refractivity contribution >= 4 is 40.0 Å². The Labute approximate surface area is 316 Å². The molecule has 4 fully saturated rings. The van der Waals surface area contributed by atoms with E-state index in [0.717, 1.165) is 66.6 Å². The number of benzene rings is 1. The highest BCUT2D eigenvalue weighted by molar-refractivity contribution is 6.09. The molecule has 0 unspecified atom stereocenters. The van der Waals surface area contributed by atoms with E-state index in [2.05, 4.69) is 66.0 Å². The highest BCUT2D eigenvalue weighted by Crippen LogP contribution is 2.52. The maximum atomic E-state index is 15.0. The second-order valence-corrected chi connectivity index (χ2v) is 17.4. The van der Waals surface area contributed by atoms with E-state index in [4.69, 9.17) is 14.7 Å². The van der Waals surface area contributed by atoms with Crippen molar-refractivity contribution in [3.05, 3.63) is 60.4 Å². The lowest BCUT2D eigenvalue weighted by Crippen LogP contribution is -2.58. The van der Waals surface area contributed by atoms with Gasteiger partial charge in [-0.25, -0.2) is 14.4 Å². The third kappa shape index (κ3) is 5.87. The molecule has 3 saturated heterocycles. The lowest BCUT2D eigenvalue weighted by Gasteiger charge is -2.46. The molecule has 1 aromatic carbocycles. The largest absolute Gasteiger partial charge is 0.365 e. The predicted molar refractivity (Wildman–Crippen MR) is 206 cm³/mol. The summed E-state index contributed by atoms with van der Waals surface area (Å²) in [6.45, 7) is 14.1. The van der Waals surface area contributed by atoms with E-state index in [1.807, 2.05) is 22.5 Å². The number of likely N-dealkylation sites (tertiary alicyclic amines) is 2. The number of imidazole rings is 1. The third-order valence-electron chi connectivity index (χ3n) is 12.9. The third-order valence-corrected chi connectivity index (χ3v) is 12.9. The summed E-state index contributed by atoms with van der Waals surface area (Å²) >= 11 is 0. The summed E-state index contributed by atoms with van der Waals surface area (Å²) in [4.78, 5) is 48.8. The Kier molecular flexibility index (Phi) is 8.57. The fraction of sp³-hybridized carbons (Fsp3) is 0.548. The molecular formula is C42H51FN8O3. The lowest BCUT2D eigenvalue weighted by molar-refractivity contribution is -0.145. The van der Waals surface area contributed by atoms with Crippen molar-refractivity contribution in [3.8, 4) is 11.3 Å². The van der Waals surface area contributed by atoms with Gasteiger partial charge < -0.3 is 24.4 Å². The number of amides is 2. The van der Waals surface area contributed by atoms with Crippen molar-refractivity contribution in [2.24, 2.45) is 5.41 Å². The van der Waals surface area contributed by atoms with E-state index < -0.39 is 11.2 Å². The van der Waals surface area contributed by atoms with Gasteiger partial charge in [-0.2, -0.15) is 0 Å². The van der Waals surface area contributed by atoms with Gasteiger partial charge in [0.05, 0.1) is 40.9 Å². The van der Waals surface area contributed by atoms with E-state index in [1.165, 1.54) is 12.6 Å². The van der Waals surface area contributed by atoms with Crippen LogP contribution in [0.2, 0.25) is 0 Å². The van der Waals surface area contributed by atoms with Gasteiger partial charge >= 0.3 is 0 Å². The minimum absolute atomic E-state index is 0.0554. The summed E-state index contributed by atoms with van der Waals surface area (Å²) in [5, 5.41) is 3.23. The quantitative estimate of drug-likeness (QED) is 0.217. The van der Waals surface area contributed by atoms with Gasteiger partial charge in [-0.3, -0.25) is 19.5 Å². The Balaban J connectivity index is 1.07. The van der Waals surface area contributed by atoms with Crippen LogP contribution in [0, 0.1) is 11.2 Å². The summed E-state index contributed by atoms with van der Waals surface area (Å²) in [6.07, 6.45) is 10.2. The fourth-order valence-corrected chi connectivity index (χ4v) is 9.72. The zero-order valence-corrected chi connectivity index (χ0v) is 32.0. The number of fused-ring (bicyclic) bond motifs is 3. The van der Waals surface area contributed by atoms with Gasteiger partial charge in [-0.15, -0.1) is 0 Å². The molecule has 0 bridgehead atoms. The van der Waals surface area contributed by atoms with Crippen molar-refractivity contribution in [1.29, 1.82) is 0 Å². The van der Waals surface area contributed by atoms with Crippen molar-refractivity contribution < 1.29 is 18.7 Å². The number of pyridine rings is 2. The first kappa shape index (κ1) is 35.3. The molecule has 2 atom stereocenters. The van der Waals surface area contributed by atoms with Crippen LogP contribution < -0.4 is 10.2 Å². The molecule has 4 aliphatic heterocycles. The number of hydrogen-bond acceptors (Lipinski definition) is 8. The predicted octanol–water partition coefficient (Wildman–Crippen LogP) is 6.99. The van der Waals surface area contributed by atoms with Crippen LogP contribution in [0.5, 0.6) is 0 Å². The molecule has 1 aliphatic carbocycles. The Morgan fingerprint density at radius 3 is 2.52 bits per heavy atom. The lowest BCUT2D eigenvalue weighted by atomic mass is 9.73. The number of carbonyl (C=O) groups is 2. The highest BCUT2D eigenvalue weighted by atomic mass is 19.1. The first-order valence-electron chi connectivity index (χ1n) is 19.8. The van der Waals surface area contributed by atoms with E-state index >= 15 is 0 Å². The fourth-order valence-electron chi connectivity index (χ4n) is 9.72. The number of carbonyl (C=O) groups excluding carboxylic acids is 2. The molecule has 9 rings (SSSR count). The molecule has 1 saturated carbocycles. The molecule has 0 radical (unpaired) electrons. The SMILES string of the molecule is CC(C)n1cnc2cc(-c3ccc4c(c3)N(C3CC(N5CCC(C)(C)C5)C3)C(=O)C43CCN(C(=O)[C@@H]4CC[C@H](C)O4)CC3)nc(Nc3ccncc3F)c21. The molecule has 4 aromatic rings. The van der Waals surface area contributed by atoms with Crippen molar-refractivity contribution in [1.82, 2.24) is 29.3 Å². The molecule has 5 aliphatic rings. The number of ether oxygens (including phenoxy) is 1. The molecular weight excluding hydrogens is 684 g/mol. The average molecular weight is 735 g/mol. The molecule has 12 heteroatoms. The number of nitrogens with zero attached hydrogens (tertiary/aromatic N) is 7. The summed E-state index contributed by atoms with van der Waals surface area (Å²) in [6, 6.07) is 10.6. The van der Waals surface area contributed by atoms with Crippen LogP contribution in [0.3, 0.4) is 0 Å². The second-order valence-electron chi connectivity index (χ2n) is 17.4. The minimum atomic E-state index is -0.686. The van der Waals surface area contributed by atoms with Gasteiger partial charge in [0.1, 0.15) is 11.6 Å². The molecule has 11 nitrogen and oxygen atoms in total. The number of piperidine rings is 1. The molecule has 54 heavy (non-hydrogen) atoms. The van der Waals surface area contributed by atoms with Gasteiger partial charge in [0.25, 0.3) is 5.91 Å². The molecule has 1 N–H and O–H groups in total. The van der Waals surface area contributed by atoms with Crippen molar-refractivity contribution in [2.45, 2.75) is 115 Å². The summed E-state index contributed by atoms with van der Waals surface area (Å²) in [5.41, 5.74) is 4.97. The molecule has 284 valence electrons. The maximum absolute atomic E-state index is 15.0.